The molecule has 0 aliphatic carbocycles. The Bertz CT molecular complexity index is 267. The van der Waals surface area contributed by atoms with Crippen LogP contribution in [-0.4, -0.2) is 12.1 Å². The highest BCUT2D eigenvalue weighted by molar-refractivity contribution is 5.15. The van der Waals surface area contributed by atoms with Crippen LogP contribution in [0.15, 0.2) is 30.3 Å². The summed E-state index contributed by atoms with van der Waals surface area (Å²) in [6.45, 7) is 9.02. The maximum Gasteiger partial charge on any atom is 0.0112 e. The van der Waals surface area contributed by atoms with Gasteiger partial charge in [-0.3, -0.25) is 0 Å². The molecule has 0 bridgehead atoms. The molecule has 0 amide bonds. The van der Waals surface area contributed by atoms with Gasteiger partial charge in [-0.1, -0.05) is 58.0 Å². The van der Waals surface area contributed by atoms with E-state index in [2.05, 4.69) is 63.3 Å². The molecule has 1 atom stereocenters. The second-order valence-corrected chi connectivity index (χ2v) is 5.34. The minimum Gasteiger partial charge on any atom is -0.311 e. The largest absolute Gasteiger partial charge is 0.311 e. The molecular weight excluding hydrogens is 194 g/mol. The molecule has 0 radical (unpaired) electrons. The molecule has 0 heterocycles. The predicted octanol–water partition coefficient (Wildman–Crippen LogP) is 3.64. The Labute approximate surface area is 100 Å². The normalized spacial score (nSPS) is 13.4. The first-order chi connectivity index (χ1) is 7.58. The van der Waals surface area contributed by atoms with Gasteiger partial charge in [0.25, 0.3) is 0 Å². The maximum absolute atomic E-state index is 3.66. The van der Waals surface area contributed by atoms with Crippen molar-refractivity contribution in [3.05, 3.63) is 35.9 Å². The van der Waals surface area contributed by atoms with Crippen molar-refractivity contribution in [2.45, 2.75) is 52.6 Å². The van der Waals surface area contributed by atoms with E-state index in [1.54, 1.807) is 0 Å². The van der Waals surface area contributed by atoms with Crippen LogP contribution in [0.25, 0.3) is 0 Å². The molecule has 16 heavy (non-hydrogen) atoms. The minimum atomic E-state index is 0.562. The summed E-state index contributed by atoms with van der Waals surface area (Å²) in [6.07, 6.45) is 2.38. The van der Waals surface area contributed by atoms with Crippen molar-refractivity contribution < 1.29 is 0 Å². The number of benzene rings is 1. The highest BCUT2D eigenvalue weighted by Gasteiger charge is 2.12. The maximum atomic E-state index is 3.66. The van der Waals surface area contributed by atoms with Crippen molar-refractivity contribution in [1.29, 1.82) is 0 Å². The third-order valence-electron chi connectivity index (χ3n) is 2.65. The van der Waals surface area contributed by atoms with Gasteiger partial charge in [0.1, 0.15) is 0 Å². The van der Waals surface area contributed by atoms with Gasteiger partial charge in [0.15, 0.2) is 0 Å². The first kappa shape index (κ1) is 13.2. The molecule has 1 aromatic rings. The third-order valence-corrected chi connectivity index (χ3v) is 2.65. The van der Waals surface area contributed by atoms with Crippen LogP contribution in [0.1, 0.15) is 39.7 Å². The summed E-state index contributed by atoms with van der Waals surface area (Å²) in [5, 5.41) is 3.66. The van der Waals surface area contributed by atoms with Crippen LogP contribution in [0, 0.1) is 5.92 Å². The molecule has 0 aromatic heterocycles. The van der Waals surface area contributed by atoms with Gasteiger partial charge in [0, 0.05) is 12.1 Å². The SMILES string of the molecule is CC(C)CC(Cc1ccccc1)NC(C)C. The molecule has 1 N–H and O–H groups in total. The summed E-state index contributed by atoms with van der Waals surface area (Å²) in [5.41, 5.74) is 1.43. The quantitative estimate of drug-likeness (QED) is 0.770. The van der Waals surface area contributed by atoms with Gasteiger partial charge in [0.05, 0.1) is 0 Å². The van der Waals surface area contributed by atoms with Crippen LogP contribution in [-0.2, 0) is 6.42 Å². The Morgan fingerprint density at radius 2 is 1.62 bits per heavy atom. The Hall–Kier alpha value is -0.820. The van der Waals surface area contributed by atoms with Crippen molar-refractivity contribution in [1.82, 2.24) is 5.32 Å². The van der Waals surface area contributed by atoms with Crippen LogP contribution in [0.2, 0.25) is 0 Å². The van der Waals surface area contributed by atoms with Crippen molar-refractivity contribution in [2.24, 2.45) is 5.92 Å². The minimum absolute atomic E-state index is 0.562. The van der Waals surface area contributed by atoms with Crippen LogP contribution >= 0.6 is 0 Å². The lowest BCUT2D eigenvalue weighted by Gasteiger charge is -2.23. The van der Waals surface area contributed by atoms with Gasteiger partial charge in [-0.05, 0) is 24.3 Å². The molecule has 0 saturated heterocycles. The summed E-state index contributed by atoms with van der Waals surface area (Å²) in [4.78, 5) is 0. The van der Waals surface area contributed by atoms with Gasteiger partial charge >= 0.3 is 0 Å². The van der Waals surface area contributed by atoms with E-state index in [4.69, 9.17) is 0 Å². The van der Waals surface area contributed by atoms with E-state index in [1.807, 2.05) is 0 Å². The van der Waals surface area contributed by atoms with Gasteiger partial charge in [-0.2, -0.15) is 0 Å². The molecule has 90 valence electrons. The molecule has 0 spiro atoms. The van der Waals surface area contributed by atoms with Gasteiger partial charge in [-0.25, -0.2) is 0 Å². The zero-order valence-corrected chi connectivity index (χ0v) is 11.0. The van der Waals surface area contributed by atoms with Crippen LogP contribution in [0.4, 0.5) is 0 Å². The molecule has 1 rings (SSSR count). The third kappa shape index (κ3) is 5.32. The molecule has 0 fully saturated rings. The predicted molar refractivity (Wildman–Crippen MR) is 71.7 cm³/mol. The van der Waals surface area contributed by atoms with Gasteiger partial charge < -0.3 is 5.32 Å². The highest BCUT2D eigenvalue weighted by atomic mass is 14.9. The van der Waals surface area contributed by atoms with Gasteiger partial charge in [0.2, 0.25) is 0 Å². The smallest absolute Gasteiger partial charge is 0.0112 e. The fraction of sp³-hybridized carbons (Fsp3) is 0.600. The van der Waals surface area contributed by atoms with Crippen LogP contribution < -0.4 is 5.32 Å². The molecule has 0 aliphatic rings. The Morgan fingerprint density at radius 3 is 2.12 bits per heavy atom. The second-order valence-electron chi connectivity index (χ2n) is 5.34. The van der Waals surface area contributed by atoms with Crippen molar-refractivity contribution >= 4 is 0 Å². The summed E-state index contributed by atoms with van der Waals surface area (Å²) >= 11 is 0. The average Bonchev–Trinajstić information content (AvgIpc) is 2.16. The molecule has 1 nitrogen and oxygen atoms in total. The molecular formula is C15H25N. The lowest BCUT2D eigenvalue weighted by molar-refractivity contribution is 0.389. The van der Waals surface area contributed by atoms with E-state index >= 15 is 0 Å². The highest BCUT2D eigenvalue weighted by Crippen LogP contribution is 2.11. The number of hydrogen-bond acceptors (Lipinski definition) is 1. The Kier molecular flexibility index (Phi) is 5.54. The van der Waals surface area contributed by atoms with Crippen molar-refractivity contribution in [2.75, 3.05) is 0 Å². The summed E-state index contributed by atoms with van der Waals surface area (Å²) in [7, 11) is 0. The second kappa shape index (κ2) is 6.70. The van der Waals surface area contributed by atoms with E-state index in [0.29, 0.717) is 12.1 Å². The molecule has 1 aromatic carbocycles. The number of rotatable bonds is 6. The fourth-order valence-corrected chi connectivity index (χ4v) is 2.15. The first-order valence-corrected chi connectivity index (χ1v) is 6.38. The summed E-state index contributed by atoms with van der Waals surface area (Å²) < 4.78 is 0. The average molecular weight is 219 g/mol. The molecule has 1 unspecified atom stereocenters. The fourth-order valence-electron chi connectivity index (χ4n) is 2.15. The number of hydrogen-bond donors (Lipinski definition) is 1. The van der Waals surface area contributed by atoms with Gasteiger partial charge in [-0.15, -0.1) is 0 Å². The summed E-state index contributed by atoms with van der Waals surface area (Å²) in [6, 6.07) is 11.9. The Morgan fingerprint density at radius 1 is 1.00 bits per heavy atom. The molecule has 1 heteroatoms. The van der Waals surface area contributed by atoms with Crippen molar-refractivity contribution in [3.8, 4) is 0 Å². The van der Waals surface area contributed by atoms with E-state index in [9.17, 15) is 0 Å². The summed E-state index contributed by atoms with van der Waals surface area (Å²) in [5.74, 6) is 0.750. The van der Waals surface area contributed by atoms with Crippen LogP contribution in [0.3, 0.4) is 0 Å². The van der Waals surface area contributed by atoms with E-state index in [0.717, 1.165) is 12.3 Å². The Balaban J connectivity index is 2.56. The molecule has 0 aliphatic heterocycles. The zero-order valence-electron chi connectivity index (χ0n) is 11.0. The lowest BCUT2D eigenvalue weighted by atomic mass is 9.97. The van der Waals surface area contributed by atoms with E-state index in [-0.39, 0.29) is 0 Å². The van der Waals surface area contributed by atoms with E-state index in [1.165, 1.54) is 12.0 Å². The molecule has 0 saturated carbocycles. The number of nitrogens with one attached hydrogen (secondary N) is 1. The van der Waals surface area contributed by atoms with E-state index < -0.39 is 0 Å². The van der Waals surface area contributed by atoms with Crippen molar-refractivity contribution in [3.63, 3.8) is 0 Å². The topological polar surface area (TPSA) is 12.0 Å². The lowest BCUT2D eigenvalue weighted by Crippen LogP contribution is -2.37. The standard InChI is InChI=1S/C15H25N/c1-12(2)10-15(16-13(3)4)11-14-8-6-5-7-9-14/h5-9,12-13,15-16H,10-11H2,1-4H3. The monoisotopic (exact) mass is 219 g/mol. The zero-order chi connectivity index (χ0) is 12.0. The first-order valence-electron chi connectivity index (χ1n) is 6.38. The van der Waals surface area contributed by atoms with Crippen LogP contribution in [0.5, 0.6) is 0 Å².